The summed E-state index contributed by atoms with van der Waals surface area (Å²) in [7, 11) is 0. The van der Waals surface area contributed by atoms with Crippen LogP contribution in [0.3, 0.4) is 0 Å². The number of nitrogens with one attached hydrogen (secondary N) is 1. The maximum atomic E-state index is 12.1. The number of para-hydroxylation sites is 1. The SMILES string of the molecule is O=C(Nc1ccc(Oc2ccccc2Cl)cc1)C(=O)c1ccc(O)cc1. The first-order valence-electron chi connectivity index (χ1n) is 7.70. The van der Waals surface area contributed by atoms with Gasteiger partial charge in [-0.15, -0.1) is 0 Å². The lowest BCUT2D eigenvalue weighted by Gasteiger charge is -2.09. The van der Waals surface area contributed by atoms with Crippen LogP contribution in [-0.2, 0) is 4.79 Å². The molecule has 0 saturated heterocycles. The molecule has 0 saturated carbocycles. The molecule has 0 aromatic heterocycles. The number of hydrogen-bond donors (Lipinski definition) is 2. The molecule has 1 amide bonds. The third-order valence-electron chi connectivity index (χ3n) is 3.51. The first-order chi connectivity index (χ1) is 12.5. The minimum absolute atomic E-state index is 0.0241. The summed E-state index contributed by atoms with van der Waals surface area (Å²) >= 11 is 6.04. The number of ketones is 1. The van der Waals surface area contributed by atoms with E-state index in [9.17, 15) is 14.7 Å². The zero-order valence-electron chi connectivity index (χ0n) is 13.5. The predicted octanol–water partition coefficient (Wildman–Crippen LogP) is 4.66. The highest BCUT2D eigenvalue weighted by atomic mass is 35.5. The van der Waals surface area contributed by atoms with Gasteiger partial charge in [-0.25, -0.2) is 0 Å². The fourth-order valence-corrected chi connectivity index (χ4v) is 2.37. The summed E-state index contributed by atoms with van der Waals surface area (Å²) in [4.78, 5) is 24.1. The summed E-state index contributed by atoms with van der Waals surface area (Å²) in [5.74, 6) is -0.373. The van der Waals surface area contributed by atoms with E-state index in [1.54, 1.807) is 42.5 Å². The van der Waals surface area contributed by atoms with Crippen molar-refractivity contribution in [1.82, 2.24) is 0 Å². The Hall–Kier alpha value is -3.31. The molecule has 6 heteroatoms. The number of halogens is 1. The molecule has 0 heterocycles. The first kappa shape index (κ1) is 17.5. The predicted molar refractivity (Wildman–Crippen MR) is 99.0 cm³/mol. The molecule has 130 valence electrons. The quantitative estimate of drug-likeness (QED) is 0.508. The lowest BCUT2D eigenvalue weighted by molar-refractivity contribution is -0.112. The summed E-state index contributed by atoms with van der Waals surface area (Å²) in [6.45, 7) is 0. The van der Waals surface area contributed by atoms with Gasteiger partial charge in [-0.3, -0.25) is 9.59 Å². The van der Waals surface area contributed by atoms with Gasteiger partial charge in [-0.05, 0) is 60.7 Å². The van der Waals surface area contributed by atoms with Gasteiger partial charge in [0.25, 0.3) is 11.7 Å². The average molecular weight is 368 g/mol. The van der Waals surface area contributed by atoms with Gasteiger partial charge in [0.1, 0.15) is 17.2 Å². The van der Waals surface area contributed by atoms with Crippen LogP contribution in [0.2, 0.25) is 5.02 Å². The van der Waals surface area contributed by atoms with E-state index in [1.165, 1.54) is 24.3 Å². The minimum Gasteiger partial charge on any atom is -0.508 e. The molecule has 0 aliphatic rings. The fourth-order valence-electron chi connectivity index (χ4n) is 2.19. The molecule has 2 N–H and O–H groups in total. The average Bonchev–Trinajstić information content (AvgIpc) is 2.65. The Labute approximate surface area is 154 Å². The molecule has 0 aliphatic heterocycles. The van der Waals surface area contributed by atoms with Gasteiger partial charge < -0.3 is 15.2 Å². The second-order valence-electron chi connectivity index (χ2n) is 5.39. The number of aromatic hydroxyl groups is 1. The summed E-state index contributed by atoms with van der Waals surface area (Å²) in [5.41, 5.74) is 0.646. The maximum Gasteiger partial charge on any atom is 0.296 e. The Morgan fingerprint density at radius 1 is 0.885 bits per heavy atom. The lowest BCUT2D eigenvalue weighted by atomic mass is 10.1. The van der Waals surface area contributed by atoms with Crippen LogP contribution >= 0.6 is 11.6 Å². The van der Waals surface area contributed by atoms with Gasteiger partial charge in [0.05, 0.1) is 5.02 Å². The largest absolute Gasteiger partial charge is 0.508 e. The van der Waals surface area contributed by atoms with E-state index < -0.39 is 11.7 Å². The molecular formula is C20H14ClNO4. The molecule has 0 aliphatic carbocycles. The van der Waals surface area contributed by atoms with Crippen molar-refractivity contribution in [3.63, 3.8) is 0 Å². The Morgan fingerprint density at radius 3 is 2.19 bits per heavy atom. The van der Waals surface area contributed by atoms with Gasteiger partial charge in [-0.1, -0.05) is 23.7 Å². The molecule has 3 rings (SSSR count). The topological polar surface area (TPSA) is 75.6 Å². The van der Waals surface area contributed by atoms with Crippen molar-refractivity contribution < 1.29 is 19.4 Å². The molecule has 26 heavy (non-hydrogen) atoms. The number of Topliss-reactive ketones (excluding diaryl/α,β-unsaturated/α-hetero) is 1. The van der Waals surface area contributed by atoms with Crippen LogP contribution in [0.15, 0.2) is 72.8 Å². The molecule has 0 atom stereocenters. The zero-order valence-corrected chi connectivity index (χ0v) is 14.2. The molecule has 3 aromatic carbocycles. The highest BCUT2D eigenvalue weighted by Gasteiger charge is 2.16. The number of carbonyl (C=O) groups excluding carboxylic acids is 2. The molecule has 5 nitrogen and oxygen atoms in total. The number of phenols is 1. The van der Waals surface area contributed by atoms with E-state index in [2.05, 4.69) is 5.32 Å². The first-order valence-corrected chi connectivity index (χ1v) is 8.08. The zero-order chi connectivity index (χ0) is 18.5. The number of ether oxygens (including phenoxy) is 1. The Balaban J connectivity index is 1.65. The minimum atomic E-state index is -0.768. The van der Waals surface area contributed by atoms with Crippen molar-refractivity contribution >= 4 is 29.0 Å². The van der Waals surface area contributed by atoms with Crippen LogP contribution in [-0.4, -0.2) is 16.8 Å². The molecular weight excluding hydrogens is 354 g/mol. The van der Waals surface area contributed by atoms with Crippen LogP contribution in [0.5, 0.6) is 17.2 Å². The molecule has 0 unspecified atom stereocenters. The number of benzene rings is 3. The molecule has 0 fully saturated rings. The fraction of sp³-hybridized carbons (Fsp3) is 0. The Bertz CT molecular complexity index is 937. The Kier molecular flexibility index (Phi) is 5.20. The van der Waals surface area contributed by atoms with Crippen LogP contribution in [0.25, 0.3) is 0 Å². The number of hydrogen-bond acceptors (Lipinski definition) is 4. The van der Waals surface area contributed by atoms with Crippen molar-refractivity contribution in [2.75, 3.05) is 5.32 Å². The van der Waals surface area contributed by atoms with Crippen LogP contribution < -0.4 is 10.1 Å². The van der Waals surface area contributed by atoms with Gasteiger partial charge in [0, 0.05) is 11.3 Å². The van der Waals surface area contributed by atoms with Crippen LogP contribution in [0.4, 0.5) is 5.69 Å². The van der Waals surface area contributed by atoms with Gasteiger partial charge in [0.2, 0.25) is 0 Å². The monoisotopic (exact) mass is 367 g/mol. The number of carbonyl (C=O) groups is 2. The van der Waals surface area contributed by atoms with E-state index in [1.807, 2.05) is 6.07 Å². The number of rotatable bonds is 5. The summed E-state index contributed by atoms with van der Waals surface area (Å²) < 4.78 is 5.66. The third-order valence-corrected chi connectivity index (χ3v) is 3.82. The van der Waals surface area contributed by atoms with Crippen molar-refractivity contribution in [3.8, 4) is 17.2 Å². The van der Waals surface area contributed by atoms with E-state index in [4.69, 9.17) is 16.3 Å². The number of phenolic OH excluding ortho intramolecular Hbond substituents is 1. The van der Waals surface area contributed by atoms with E-state index in [0.717, 1.165) is 0 Å². The molecule has 0 bridgehead atoms. The van der Waals surface area contributed by atoms with Gasteiger partial charge >= 0.3 is 0 Å². The molecule has 0 radical (unpaired) electrons. The Morgan fingerprint density at radius 2 is 1.54 bits per heavy atom. The molecule has 0 spiro atoms. The highest BCUT2D eigenvalue weighted by molar-refractivity contribution is 6.46. The van der Waals surface area contributed by atoms with E-state index in [-0.39, 0.29) is 11.3 Å². The maximum absolute atomic E-state index is 12.1. The lowest BCUT2D eigenvalue weighted by Crippen LogP contribution is -2.22. The smallest absolute Gasteiger partial charge is 0.296 e. The van der Waals surface area contributed by atoms with Crippen molar-refractivity contribution in [2.24, 2.45) is 0 Å². The number of amides is 1. The van der Waals surface area contributed by atoms with Gasteiger partial charge in [0.15, 0.2) is 0 Å². The van der Waals surface area contributed by atoms with Crippen LogP contribution in [0, 0.1) is 0 Å². The molecule has 3 aromatic rings. The van der Waals surface area contributed by atoms with E-state index >= 15 is 0 Å². The van der Waals surface area contributed by atoms with Crippen molar-refractivity contribution in [2.45, 2.75) is 0 Å². The van der Waals surface area contributed by atoms with Crippen molar-refractivity contribution in [3.05, 3.63) is 83.4 Å². The van der Waals surface area contributed by atoms with Gasteiger partial charge in [-0.2, -0.15) is 0 Å². The van der Waals surface area contributed by atoms with Crippen LogP contribution in [0.1, 0.15) is 10.4 Å². The summed E-state index contributed by atoms with van der Waals surface area (Å²) in [6.07, 6.45) is 0. The van der Waals surface area contributed by atoms with Crippen molar-refractivity contribution in [1.29, 1.82) is 0 Å². The van der Waals surface area contributed by atoms with E-state index in [0.29, 0.717) is 22.2 Å². The normalized spacial score (nSPS) is 10.2. The summed E-state index contributed by atoms with van der Waals surface area (Å²) in [5, 5.41) is 12.2. The summed E-state index contributed by atoms with van der Waals surface area (Å²) in [6, 6.07) is 19.1. The second kappa shape index (κ2) is 7.72. The number of anilines is 1. The second-order valence-corrected chi connectivity index (χ2v) is 5.79. The standard InChI is InChI=1S/C20H14ClNO4/c21-17-3-1-2-4-18(17)26-16-11-7-14(8-12-16)22-20(25)19(24)13-5-9-15(23)10-6-13/h1-12,23H,(H,22,25). The third kappa shape index (κ3) is 4.20. The highest BCUT2D eigenvalue weighted by Crippen LogP contribution is 2.29.